The number of rotatable bonds is 7. The Kier molecular flexibility index (Phi) is 6.15. The van der Waals surface area contributed by atoms with Gasteiger partial charge in [-0.05, 0) is 44.0 Å². The molecule has 126 valence electrons. The standard InChI is InChI=1S/C17H17F2N3OS/c1-2-3-4-5-14-15(21)13(10-20)16(24-14)22-11-6-8-12(9-7-11)23-17(18)19/h2-3,6-9,17,22H,4-5,21H2,1H3/b3-2-. The van der Waals surface area contributed by atoms with E-state index in [9.17, 15) is 14.0 Å². The number of ether oxygens (including phenoxy) is 1. The summed E-state index contributed by atoms with van der Waals surface area (Å²) in [6.45, 7) is -0.904. The number of nitrogens with two attached hydrogens (primary N) is 1. The number of hydrogen-bond acceptors (Lipinski definition) is 5. The van der Waals surface area contributed by atoms with E-state index in [1.54, 1.807) is 12.1 Å². The lowest BCUT2D eigenvalue weighted by atomic mass is 10.2. The topological polar surface area (TPSA) is 71.1 Å². The van der Waals surface area contributed by atoms with Gasteiger partial charge >= 0.3 is 6.61 Å². The second-order valence-electron chi connectivity index (χ2n) is 4.89. The quantitative estimate of drug-likeness (QED) is 0.686. The Labute approximate surface area is 143 Å². The molecular weight excluding hydrogens is 332 g/mol. The second-order valence-corrected chi connectivity index (χ2v) is 6.00. The van der Waals surface area contributed by atoms with E-state index in [1.165, 1.54) is 23.5 Å². The first-order valence-corrected chi connectivity index (χ1v) is 8.11. The van der Waals surface area contributed by atoms with Gasteiger partial charge in [-0.1, -0.05) is 12.2 Å². The number of hydrogen-bond donors (Lipinski definition) is 2. The number of aryl methyl sites for hydroxylation is 1. The number of anilines is 3. The van der Waals surface area contributed by atoms with Crippen LogP contribution in [0.3, 0.4) is 0 Å². The molecule has 2 aromatic rings. The first kappa shape index (κ1) is 17.8. The van der Waals surface area contributed by atoms with E-state index >= 15 is 0 Å². The summed E-state index contributed by atoms with van der Waals surface area (Å²) in [4.78, 5) is 0.949. The molecule has 0 bridgehead atoms. The average molecular weight is 349 g/mol. The molecule has 0 amide bonds. The molecule has 2 rings (SSSR count). The van der Waals surface area contributed by atoms with Crippen LogP contribution in [0.2, 0.25) is 0 Å². The van der Waals surface area contributed by atoms with Gasteiger partial charge < -0.3 is 15.8 Å². The van der Waals surface area contributed by atoms with E-state index < -0.39 is 6.61 Å². The second kappa shape index (κ2) is 8.31. The lowest BCUT2D eigenvalue weighted by Gasteiger charge is -2.07. The van der Waals surface area contributed by atoms with Gasteiger partial charge in [-0.3, -0.25) is 0 Å². The Morgan fingerprint density at radius 3 is 2.67 bits per heavy atom. The van der Waals surface area contributed by atoms with Crippen molar-refractivity contribution in [3.63, 3.8) is 0 Å². The van der Waals surface area contributed by atoms with Crippen LogP contribution in [0.5, 0.6) is 5.75 Å². The fourth-order valence-corrected chi connectivity index (χ4v) is 3.21. The normalized spacial score (nSPS) is 11.0. The number of halogens is 2. The third-order valence-corrected chi connectivity index (χ3v) is 4.43. The summed E-state index contributed by atoms with van der Waals surface area (Å²) < 4.78 is 28.6. The summed E-state index contributed by atoms with van der Waals surface area (Å²) >= 11 is 1.43. The number of thiophene rings is 1. The molecule has 1 heterocycles. The maximum Gasteiger partial charge on any atom is 0.387 e. The Balaban J connectivity index is 2.16. The lowest BCUT2D eigenvalue weighted by molar-refractivity contribution is -0.0498. The lowest BCUT2D eigenvalue weighted by Crippen LogP contribution is -2.01. The highest BCUT2D eigenvalue weighted by molar-refractivity contribution is 7.17. The summed E-state index contributed by atoms with van der Waals surface area (Å²) in [5.74, 6) is 0.0776. The van der Waals surface area contributed by atoms with Gasteiger partial charge in [0.05, 0.1) is 5.69 Å². The monoisotopic (exact) mass is 349 g/mol. The predicted octanol–water partition coefficient (Wildman–Crippen LogP) is 5.06. The smallest absolute Gasteiger partial charge is 0.387 e. The van der Waals surface area contributed by atoms with Crippen LogP contribution >= 0.6 is 11.3 Å². The Bertz CT molecular complexity index is 748. The van der Waals surface area contributed by atoms with Crippen LogP contribution in [0, 0.1) is 11.3 Å². The van der Waals surface area contributed by atoms with Gasteiger partial charge in [0.2, 0.25) is 0 Å². The number of allylic oxidation sites excluding steroid dienone is 2. The van der Waals surface area contributed by atoms with Crippen molar-refractivity contribution < 1.29 is 13.5 Å². The van der Waals surface area contributed by atoms with Gasteiger partial charge in [0.25, 0.3) is 0 Å². The largest absolute Gasteiger partial charge is 0.435 e. The van der Waals surface area contributed by atoms with Gasteiger partial charge in [-0.15, -0.1) is 11.3 Å². The molecule has 0 saturated heterocycles. The Morgan fingerprint density at radius 1 is 1.38 bits per heavy atom. The molecule has 1 aromatic heterocycles. The molecule has 0 aliphatic carbocycles. The van der Waals surface area contributed by atoms with Crippen molar-refractivity contribution in [2.75, 3.05) is 11.1 Å². The molecule has 0 unspecified atom stereocenters. The summed E-state index contributed by atoms with van der Waals surface area (Å²) in [5.41, 5.74) is 7.61. The van der Waals surface area contributed by atoms with Crippen LogP contribution in [0.15, 0.2) is 36.4 Å². The molecule has 0 radical (unpaired) electrons. The number of nitriles is 1. The van der Waals surface area contributed by atoms with Gasteiger partial charge in [-0.2, -0.15) is 14.0 Å². The third-order valence-electron chi connectivity index (χ3n) is 3.24. The first-order chi connectivity index (χ1) is 11.5. The number of benzene rings is 1. The highest BCUT2D eigenvalue weighted by atomic mass is 32.1. The molecule has 0 atom stereocenters. The summed E-state index contributed by atoms with van der Waals surface area (Å²) in [6.07, 6.45) is 5.63. The zero-order chi connectivity index (χ0) is 17.5. The zero-order valence-corrected chi connectivity index (χ0v) is 13.9. The number of nitrogens with zero attached hydrogens (tertiary/aromatic N) is 1. The van der Waals surface area contributed by atoms with Crippen molar-refractivity contribution in [2.24, 2.45) is 0 Å². The minimum Gasteiger partial charge on any atom is -0.435 e. The highest BCUT2D eigenvalue weighted by Gasteiger charge is 2.15. The van der Waals surface area contributed by atoms with Crippen molar-refractivity contribution >= 4 is 27.7 Å². The van der Waals surface area contributed by atoms with Crippen molar-refractivity contribution in [3.8, 4) is 11.8 Å². The van der Waals surface area contributed by atoms with Crippen LogP contribution in [0.25, 0.3) is 0 Å². The molecule has 3 N–H and O–H groups in total. The summed E-state index contributed by atoms with van der Waals surface area (Å²) in [7, 11) is 0. The van der Waals surface area contributed by atoms with Crippen molar-refractivity contribution in [1.29, 1.82) is 5.26 Å². The molecule has 0 fully saturated rings. The Morgan fingerprint density at radius 2 is 2.08 bits per heavy atom. The summed E-state index contributed by atoms with van der Waals surface area (Å²) in [5, 5.41) is 13.1. The van der Waals surface area contributed by atoms with Crippen LogP contribution < -0.4 is 15.8 Å². The average Bonchev–Trinajstić information content (AvgIpc) is 2.84. The summed E-state index contributed by atoms with van der Waals surface area (Å²) in [6, 6.07) is 8.19. The molecule has 24 heavy (non-hydrogen) atoms. The molecule has 0 aliphatic heterocycles. The van der Waals surface area contributed by atoms with Crippen LogP contribution in [0.4, 0.5) is 25.2 Å². The first-order valence-electron chi connectivity index (χ1n) is 7.29. The van der Waals surface area contributed by atoms with Gasteiger partial charge in [0.1, 0.15) is 22.4 Å². The number of nitrogen functional groups attached to an aromatic ring is 1. The van der Waals surface area contributed by atoms with Crippen molar-refractivity contribution in [1.82, 2.24) is 0 Å². The molecular formula is C17H17F2N3OS. The molecule has 0 aliphatic rings. The van der Waals surface area contributed by atoms with E-state index in [-0.39, 0.29) is 5.75 Å². The van der Waals surface area contributed by atoms with Gasteiger partial charge in [0, 0.05) is 10.6 Å². The van der Waals surface area contributed by atoms with E-state index in [0.717, 1.165) is 17.7 Å². The molecule has 1 aromatic carbocycles. The zero-order valence-electron chi connectivity index (χ0n) is 13.1. The molecule has 4 nitrogen and oxygen atoms in total. The van der Waals surface area contributed by atoms with Crippen molar-refractivity contribution in [2.45, 2.75) is 26.4 Å². The third kappa shape index (κ3) is 4.46. The van der Waals surface area contributed by atoms with E-state index in [2.05, 4.69) is 16.1 Å². The minimum atomic E-state index is -2.86. The predicted molar refractivity (Wildman–Crippen MR) is 92.9 cm³/mol. The van der Waals surface area contributed by atoms with E-state index in [0.29, 0.717) is 21.9 Å². The van der Waals surface area contributed by atoms with Crippen LogP contribution in [-0.2, 0) is 6.42 Å². The molecule has 7 heteroatoms. The molecule has 0 spiro atoms. The highest BCUT2D eigenvalue weighted by Crippen LogP contribution is 2.37. The maximum absolute atomic E-state index is 12.2. The SMILES string of the molecule is C/C=C\CCc1sc(Nc2ccc(OC(F)F)cc2)c(C#N)c1N. The minimum absolute atomic E-state index is 0.0776. The van der Waals surface area contributed by atoms with Crippen LogP contribution in [0.1, 0.15) is 23.8 Å². The fourth-order valence-electron chi connectivity index (χ4n) is 2.11. The van der Waals surface area contributed by atoms with Gasteiger partial charge in [-0.25, -0.2) is 0 Å². The maximum atomic E-state index is 12.2. The van der Waals surface area contributed by atoms with Crippen LogP contribution in [-0.4, -0.2) is 6.61 Å². The molecule has 0 saturated carbocycles. The number of alkyl halides is 2. The number of nitrogens with one attached hydrogen (secondary N) is 1. The van der Waals surface area contributed by atoms with E-state index in [1.807, 2.05) is 19.1 Å². The Hall–Kier alpha value is -2.59. The fraction of sp³-hybridized carbons (Fsp3) is 0.235. The van der Waals surface area contributed by atoms with Gasteiger partial charge in [0.15, 0.2) is 0 Å². The van der Waals surface area contributed by atoms with E-state index in [4.69, 9.17) is 5.73 Å². The van der Waals surface area contributed by atoms with Crippen molar-refractivity contribution in [3.05, 3.63) is 46.9 Å².